The van der Waals surface area contributed by atoms with Gasteiger partial charge in [-0.2, -0.15) is 5.10 Å². The van der Waals surface area contributed by atoms with Gasteiger partial charge in [-0.3, -0.25) is 19.2 Å². The Balaban J connectivity index is 1.95. The molecule has 0 radical (unpaired) electrons. The van der Waals surface area contributed by atoms with Crippen molar-refractivity contribution in [2.24, 2.45) is 5.41 Å². The van der Waals surface area contributed by atoms with Crippen LogP contribution in [0.15, 0.2) is 34.1 Å². The van der Waals surface area contributed by atoms with Gasteiger partial charge in [0.15, 0.2) is 0 Å². The maximum absolute atomic E-state index is 13.2. The van der Waals surface area contributed by atoms with Crippen molar-refractivity contribution in [1.82, 2.24) is 15.1 Å². The molecule has 8 nitrogen and oxygen atoms in total. The number of carbonyl (C=O) groups excluding carboxylic acids is 2. The molecular formula is C20H26N4O4S. The van der Waals surface area contributed by atoms with Gasteiger partial charge < -0.3 is 5.32 Å². The molecule has 1 aromatic heterocycles. The number of hydrogen-bond acceptors (Lipinski definition) is 6. The Morgan fingerprint density at radius 3 is 2.28 bits per heavy atom. The molecular weight excluding hydrogens is 392 g/mol. The molecule has 0 aliphatic carbocycles. The summed E-state index contributed by atoms with van der Waals surface area (Å²) in [6.07, 6.45) is 0.135. The van der Waals surface area contributed by atoms with Crippen LogP contribution in [0.25, 0.3) is 0 Å². The van der Waals surface area contributed by atoms with Gasteiger partial charge in [-0.25, -0.2) is 8.42 Å². The van der Waals surface area contributed by atoms with E-state index in [2.05, 4.69) is 10.4 Å². The van der Waals surface area contributed by atoms with E-state index in [1.54, 1.807) is 32.4 Å². The molecule has 0 atom stereocenters. The lowest BCUT2D eigenvalue weighted by Crippen LogP contribution is -2.32. The Morgan fingerprint density at radius 1 is 1.14 bits per heavy atom. The maximum atomic E-state index is 13.2. The highest BCUT2D eigenvalue weighted by molar-refractivity contribution is 7.91. The number of imide groups is 1. The van der Waals surface area contributed by atoms with Crippen LogP contribution < -0.4 is 10.2 Å². The Kier molecular flexibility index (Phi) is 5.40. The number of benzene rings is 1. The van der Waals surface area contributed by atoms with Gasteiger partial charge >= 0.3 is 0 Å². The summed E-state index contributed by atoms with van der Waals surface area (Å²) < 4.78 is 28.1. The van der Waals surface area contributed by atoms with Gasteiger partial charge in [-0.05, 0) is 45.2 Å². The first kappa shape index (κ1) is 21.2. The molecule has 1 fully saturated rings. The maximum Gasteiger partial charge on any atom is 0.239 e. The zero-order valence-corrected chi connectivity index (χ0v) is 18.1. The smallest absolute Gasteiger partial charge is 0.239 e. The number of aromatic nitrogens is 2. The minimum absolute atomic E-state index is 0.0963. The van der Waals surface area contributed by atoms with Crippen molar-refractivity contribution in [3.05, 3.63) is 35.7 Å². The summed E-state index contributed by atoms with van der Waals surface area (Å²) in [5.41, 5.74) is 0.642. The number of likely N-dealkylation sites (N-methyl/N-ethyl adjacent to an activating group) is 1. The molecule has 29 heavy (non-hydrogen) atoms. The van der Waals surface area contributed by atoms with Crippen LogP contribution in [0.3, 0.4) is 0 Å². The summed E-state index contributed by atoms with van der Waals surface area (Å²) in [5.74, 6) is -0.566. The highest BCUT2D eigenvalue weighted by atomic mass is 32.2. The topological polar surface area (TPSA) is 101 Å². The molecule has 2 aromatic rings. The lowest BCUT2D eigenvalue weighted by atomic mass is 9.92. The fraction of sp³-hybridized carbons (Fsp3) is 0.450. The van der Waals surface area contributed by atoms with E-state index < -0.39 is 15.3 Å². The number of hydrogen-bond donors (Lipinski definition) is 1. The van der Waals surface area contributed by atoms with Crippen LogP contribution in [0.2, 0.25) is 0 Å². The van der Waals surface area contributed by atoms with E-state index in [0.717, 1.165) is 4.90 Å². The third kappa shape index (κ3) is 3.60. The molecule has 0 bridgehead atoms. The van der Waals surface area contributed by atoms with Crippen molar-refractivity contribution in [1.29, 1.82) is 0 Å². The van der Waals surface area contributed by atoms with Gasteiger partial charge in [0.2, 0.25) is 21.7 Å². The van der Waals surface area contributed by atoms with Crippen molar-refractivity contribution in [3.8, 4) is 0 Å². The van der Waals surface area contributed by atoms with Crippen LogP contribution in [0.4, 0.5) is 5.69 Å². The minimum atomic E-state index is -3.79. The highest BCUT2D eigenvalue weighted by Crippen LogP contribution is 2.36. The molecule has 0 unspecified atom stereocenters. The number of rotatable bonds is 6. The van der Waals surface area contributed by atoms with Crippen molar-refractivity contribution < 1.29 is 18.0 Å². The van der Waals surface area contributed by atoms with E-state index in [1.807, 2.05) is 7.05 Å². The predicted molar refractivity (Wildman–Crippen MR) is 108 cm³/mol. The first-order valence-corrected chi connectivity index (χ1v) is 10.9. The summed E-state index contributed by atoms with van der Waals surface area (Å²) in [4.78, 5) is 26.2. The van der Waals surface area contributed by atoms with E-state index in [4.69, 9.17) is 0 Å². The lowest BCUT2D eigenvalue weighted by molar-refractivity contribution is -0.124. The first-order chi connectivity index (χ1) is 13.5. The van der Waals surface area contributed by atoms with Crippen molar-refractivity contribution in [2.75, 3.05) is 18.5 Å². The van der Waals surface area contributed by atoms with Crippen LogP contribution in [0.1, 0.15) is 31.7 Å². The number of nitrogens with one attached hydrogen (secondary N) is 1. The summed E-state index contributed by atoms with van der Waals surface area (Å²) in [6, 6.07) is 5.86. The van der Waals surface area contributed by atoms with Crippen molar-refractivity contribution in [3.63, 3.8) is 0 Å². The molecule has 2 heterocycles. The van der Waals surface area contributed by atoms with Gasteiger partial charge in [0.25, 0.3) is 0 Å². The van der Waals surface area contributed by atoms with Gasteiger partial charge in [0, 0.05) is 13.0 Å². The van der Waals surface area contributed by atoms with Crippen molar-refractivity contribution >= 4 is 27.3 Å². The molecule has 1 aromatic carbocycles. The van der Waals surface area contributed by atoms with Gasteiger partial charge in [-0.1, -0.05) is 13.8 Å². The number of carbonyl (C=O) groups is 2. The zero-order valence-electron chi connectivity index (χ0n) is 17.3. The molecule has 1 N–H and O–H groups in total. The Hall–Kier alpha value is -2.52. The van der Waals surface area contributed by atoms with E-state index in [-0.39, 0.29) is 28.0 Å². The predicted octanol–water partition coefficient (Wildman–Crippen LogP) is 1.84. The fourth-order valence-corrected chi connectivity index (χ4v) is 5.26. The van der Waals surface area contributed by atoms with Crippen LogP contribution >= 0.6 is 0 Å². The van der Waals surface area contributed by atoms with Crippen LogP contribution in [0.5, 0.6) is 0 Å². The molecule has 2 amide bonds. The number of aryl methyl sites for hydroxylation is 1. The summed E-state index contributed by atoms with van der Waals surface area (Å²) in [5, 5.41) is 7.37. The zero-order chi connectivity index (χ0) is 21.6. The summed E-state index contributed by atoms with van der Waals surface area (Å²) in [7, 11) is -1.97. The third-order valence-electron chi connectivity index (χ3n) is 5.19. The number of sulfone groups is 1. The average molecular weight is 419 g/mol. The quantitative estimate of drug-likeness (QED) is 0.719. The Bertz CT molecular complexity index is 1070. The molecule has 0 saturated carbocycles. The fourth-order valence-electron chi connectivity index (χ4n) is 3.61. The molecule has 3 rings (SSSR count). The van der Waals surface area contributed by atoms with Gasteiger partial charge in [-0.15, -0.1) is 0 Å². The van der Waals surface area contributed by atoms with Gasteiger partial charge in [0.1, 0.15) is 4.90 Å². The normalized spacial score (nSPS) is 16.7. The lowest BCUT2D eigenvalue weighted by Gasteiger charge is -2.18. The number of nitrogens with zero attached hydrogens (tertiary/aromatic N) is 3. The Morgan fingerprint density at radius 2 is 1.76 bits per heavy atom. The summed E-state index contributed by atoms with van der Waals surface area (Å²) >= 11 is 0. The van der Waals surface area contributed by atoms with E-state index in [1.165, 1.54) is 24.3 Å². The first-order valence-electron chi connectivity index (χ1n) is 9.42. The average Bonchev–Trinajstić information content (AvgIpc) is 3.04. The molecule has 1 aliphatic rings. The monoisotopic (exact) mass is 418 g/mol. The summed E-state index contributed by atoms with van der Waals surface area (Å²) in [6.45, 7) is 8.10. The second kappa shape index (κ2) is 7.38. The molecule has 1 saturated heterocycles. The van der Waals surface area contributed by atoms with Crippen molar-refractivity contribution in [2.45, 2.75) is 50.5 Å². The molecule has 1 aliphatic heterocycles. The number of anilines is 1. The second-order valence-corrected chi connectivity index (χ2v) is 9.81. The number of amides is 2. The van der Waals surface area contributed by atoms with Crippen LogP contribution in [-0.2, 0) is 26.0 Å². The van der Waals surface area contributed by atoms with E-state index >= 15 is 0 Å². The largest absolute Gasteiger partial charge is 0.318 e. The standard InChI is InChI=1S/C20H26N4O4S/c1-13-18(14(2)23(22-13)11-10-21-5)29(27,28)16-8-6-15(7-9-16)24-17(25)12-20(3,4)19(24)26/h6-9,21H,10-12H2,1-5H3. The van der Waals surface area contributed by atoms with Gasteiger partial charge in [0.05, 0.1) is 33.9 Å². The molecule has 9 heteroatoms. The minimum Gasteiger partial charge on any atom is -0.318 e. The third-order valence-corrected chi connectivity index (χ3v) is 7.21. The SMILES string of the molecule is CNCCn1nc(C)c(S(=O)(=O)c2ccc(N3C(=O)CC(C)(C)C3=O)cc2)c1C. The molecule has 156 valence electrons. The Labute approximate surface area is 170 Å². The molecule has 0 spiro atoms. The second-order valence-electron chi connectivity index (χ2n) is 7.92. The highest BCUT2D eigenvalue weighted by Gasteiger charge is 2.45. The van der Waals surface area contributed by atoms with Crippen LogP contribution in [-0.4, -0.2) is 43.6 Å². The van der Waals surface area contributed by atoms with Crippen LogP contribution in [0, 0.1) is 19.3 Å². The van der Waals surface area contributed by atoms with E-state index in [9.17, 15) is 18.0 Å². The van der Waals surface area contributed by atoms with E-state index in [0.29, 0.717) is 30.2 Å².